The maximum atomic E-state index is 13.1. The number of carbonyl (C=O) groups excluding carboxylic acids is 2. The van der Waals surface area contributed by atoms with Gasteiger partial charge in [0.1, 0.15) is 12.4 Å². The van der Waals surface area contributed by atoms with Gasteiger partial charge in [-0.2, -0.15) is 0 Å². The van der Waals surface area contributed by atoms with Crippen molar-refractivity contribution < 1.29 is 19.5 Å². The molecule has 8 heteroatoms. The number of carboxylic acids is 1. The molecule has 0 spiro atoms. The summed E-state index contributed by atoms with van der Waals surface area (Å²) in [5.74, 6) is -2.02. The number of aliphatic carboxylic acids is 1. The Morgan fingerprint density at radius 1 is 1.11 bits per heavy atom. The van der Waals surface area contributed by atoms with Crippen LogP contribution in [0.4, 0.5) is 4.79 Å². The van der Waals surface area contributed by atoms with Crippen LogP contribution in [0, 0.1) is 5.41 Å². The minimum atomic E-state index is -1.43. The van der Waals surface area contributed by atoms with Crippen molar-refractivity contribution in [1.82, 2.24) is 10.2 Å². The molecule has 5 N–H and O–H groups in total. The Kier molecular flexibility index (Phi) is 4.64. The lowest BCUT2D eigenvalue weighted by Gasteiger charge is -2.27. The van der Waals surface area contributed by atoms with E-state index in [2.05, 4.69) is 5.32 Å². The molecule has 0 aliphatic carbocycles. The second-order valence-electron chi connectivity index (χ2n) is 6.27. The third-order valence-electron chi connectivity index (χ3n) is 4.47. The lowest BCUT2D eigenvalue weighted by molar-refractivity contribution is -0.143. The molecule has 1 saturated heterocycles. The normalized spacial score (nSPS) is 19.0. The summed E-state index contributed by atoms with van der Waals surface area (Å²) in [4.78, 5) is 37.2. The Balaban J connectivity index is 2.07. The maximum Gasteiger partial charge on any atom is 0.325 e. The van der Waals surface area contributed by atoms with Gasteiger partial charge in [-0.05, 0) is 11.1 Å². The average molecular weight is 366 g/mol. The van der Waals surface area contributed by atoms with E-state index in [1.807, 2.05) is 30.3 Å². The number of carbonyl (C=O) groups is 3. The molecule has 3 rings (SSSR count). The molecule has 2 aromatic rings. The number of amides is 3. The highest BCUT2D eigenvalue weighted by Gasteiger charge is 2.52. The number of nitrogens with one attached hydrogen (secondary N) is 2. The summed E-state index contributed by atoms with van der Waals surface area (Å²) in [5.41, 5.74) is 5.82. The molecule has 1 fully saturated rings. The first-order valence-electron chi connectivity index (χ1n) is 8.18. The molecule has 138 valence electrons. The fourth-order valence-corrected chi connectivity index (χ4v) is 3.16. The van der Waals surface area contributed by atoms with Gasteiger partial charge in [0, 0.05) is 12.0 Å². The van der Waals surface area contributed by atoms with Gasteiger partial charge in [0.2, 0.25) is 0 Å². The van der Waals surface area contributed by atoms with Crippen molar-refractivity contribution in [3.05, 3.63) is 71.3 Å². The quantitative estimate of drug-likeness (QED) is 0.344. The fraction of sp³-hybridized carbons (Fsp3) is 0.158. The summed E-state index contributed by atoms with van der Waals surface area (Å²) in [6, 6.07) is 14.8. The van der Waals surface area contributed by atoms with Crippen molar-refractivity contribution in [2.45, 2.75) is 12.0 Å². The third-order valence-corrected chi connectivity index (χ3v) is 4.47. The van der Waals surface area contributed by atoms with Crippen LogP contribution in [-0.2, 0) is 21.5 Å². The zero-order chi connectivity index (χ0) is 19.6. The number of benzene rings is 2. The van der Waals surface area contributed by atoms with Crippen molar-refractivity contribution in [3.63, 3.8) is 0 Å². The van der Waals surface area contributed by atoms with Crippen molar-refractivity contribution in [2.24, 2.45) is 5.73 Å². The molecule has 8 nitrogen and oxygen atoms in total. The molecule has 0 saturated carbocycles. The maximum absolute atomic E-state index is 13.1. The summed E-state index contributed by atoms with van der Waals surface area (Å²) in [6.45, 7) is -0.716. The van der Waals surface area contributed by atoms with E-state index in [0.717, 1.165) is 5.56 Å². The van der Waals surface area contributed by atoms with Crippen LogP contribution >= 0.6 is 0 Å². The van der Waals surface area contributed by atoms with Crippen molar-refractivity contribution in [2.75, 3.05) is 6.54 Å². The summed E-state index contributed by atoms with van der Waals surface area (Å²) < 4.78 is 0. The molecule has 0 radical (unpaired) electrons. The van der Waals surface area contributed by atoms with Crippen LogP contribution < -0.4 is 11.1 Å². The molecule has 2 aromatic carbocycles. The summed E-state index contributed by atoms with van der Waals surface area (Å²) in [7, 11) is 0. The van der Waals surface area contributed by atoms with E-state index < -0.39 is 30.0 Å². The van der Waals surface area contributed by atoms with Gasteiger partial charge < -0.3 is 16.2 Å². The largest absolute Gasteiger partial charge is 0.480 e. The third kappa shape index (κ3) is 3.37. The predicted molar refractivity (Wildman–Crippen MR) is 97.2 cm³/mol. The zero-order valence-electron chi connectivity index (χ0n) is 14.3. The molecular weight excluding hydrogens is 348 g/mol. The number of imide groups is 1. The Hall–Kier alpha value is -3.68. The van der Waals surface area contributed by atoms with E-state index in [0.29, 0.717) is 16.0 Å². The zero-order valence-corrected chi connectivity index (χ0v) is 14.3. The number of rotatable bonds is 6. The monoisotopic (exact) mass is 366 g/mol. The van der Waals surface area contributed by atoms with E-state index in [-0.39, 0.29) is 12.3 Å². The predicted octanol–water partition coefficient (Wildman–Crippen LogP) is 1.05. The molecule has 0 aromatic heterocycles. The molecule has 1 aliphatic rings. The molecule has 1 aliphatic heterocycles. The first-order chi connectivity index (χ1) is 12.8. The summed E-state index contributed by atoms with van der Waals surface area (Å²) in [6.07, 6.45) is 0.161. The molecule has 3 amide bonds. The standard InChI is InChI=1S/C19H18N4O4/c20-16(21)13-6-8-14(9-7-13)19(10-12-4-2-1-3-5-12)17(26)23(11-15(24)25)18(27)22-19/h1-9H,10-11H2,(H3,20,21)(H,22,27)(H,24,25)/t19-/m0/s1. The topological polar surface area (TPSA) is 137 Å². The minimum Gasteiger partial charge on any atom is -0.480 e. The second kappa shape index (κ2) is 6.91. The van der Waals surface area contributed by atoms with Gasteiger partial charge in [-0.15, -0.1) is 0 Å². The Morgan fingerprint density at radius 3 is 2.30 bits per heavy atom. The van der Waals surface area contributed by atoms with Crippen molar-refractivity contribution >= 4 is 23.7 Å². The van der Waals surface area contributed by atoms with Gasteiger partial charge in [-0.25, -0.2) is 4.79 Å². The van der Waals surface area contributed by atoms with E-state index >= 15 is 0 Å². The van der Waals surface area contributed by atoms with Crippen LogP contribution in [0.1, 0.15) is 16.7 Å². The lowest BCUT2D eigenvalue weighted by Crippen LogP contribution is -2.46. The molecule has 0 bridgehead atoms. The average Bonchev–Trinajstić information content (AvgIpc) is 2.87. The Bertz CT molecular complexity index is 911. The smallest absolute Gasteiger partial charge is 0.325 e. The van der Waals surface area contributed by atoms with Crippen LogP contribution in [-0.4, -0.2) is 40.3 Å². The van der Waals surface area contributed by atoms with Crippen LogP contribution in [0.2, 0.25) is 0 Å². The van der Waals surface area contributed by atoms with Gasteiger partial charge in [0.15, 0.2) is 5.54 Å². The first kappa shape index (κ1) is 18.1. The summed E-state index contributed by atoms with van der Waals surface area (Å²) >= 11 is 0. The van der Waals surface area contributed by atoms with Gasteiger partial charge in [0.05, 0.1) is 0 Å². The number of hydrogen-bond acceptors (Lipinski definition) is 4. The number of nitrogen functional groups attached to an aromatic ring is 1. The van der Waals surface area contributed by atoms with Gasteiger partial charge >= 0.3 is 12.0 Å². The van der Waals surface area contributed by atoms with Crippen LogP contribution in [0.5, 0.6) is 0 Å². The van der Waals surface area contributed by atoms with Crippen molar-refractivity contribution in [1.29, 1.82) is 5.41 Å². The molecule has 27 heavy (non-hydrogen) atoms. The number of urea groups is 1. The van der Waals surface area contributed by atoms with Crippen LogP contribution in [0.3, 0.4) is 0 Å². The fourth-order valence-electron chi connectivity index (χ4n) is 3.16. The SMILES string of the molecule is N=C(N)c1ccc([C@]2(Cc3ccccc3)NC(=O)N(CC(=O)O)C2=O)cc1. The number of nitrogens with zero attached hydrogens (tertiary/aromatic N) is 1. The number of hydrogen-bond donors (Lipinski definition) is 4. The number of amidine groups is 1. The van der Waals surface area contributed by atoms with Gasteiger partial charge in [-0.3, -0.25) is 19.9 Å². The highest BCUT2D eigenvalue weighted by atomic mass is 16.4. The highest BCUT2D eigenvalue weighted by Crippen LogP contribution is 2.33. The van der Waals surface area contributed by atoms with E-state index in [1.54, 1.807) is 24.3 Å². The van der Waals surface area contributed by atoms with Gasteiger partial charge in [0.25, 0.3) is 5.91 Å². The van der Waals surface area contributed by atoms with Crippen LogP contribution in [0.25, 0.3) is 0 Å². The van der Waals surface area contributed by atoms with E-state index in [9.17, 15) is 14.4 Å². The Morgan fingerprint density at radius 2 is 1.74 bits per heavy atom. The second-order valence-corrected chi connectivity index (χ2v) is 6.27. The van der Waals surface area contributed by atoms with E-state index in [4.69, 9.17) is 16.2 Å². The first-order valence-corrected chi connectivity index (χ1v) is 8.18. The van der Waals surface area contributed by atoms with Gasteiger partial charge in [-0.1, -0.05) is 54.6 Å². The van der Waals surface area contributed by atoms with Crippen molar-refractivity contribution in [3.8, 4) is 0 Å². The molecule has 0 unspecified atom stereocenters. The lowest BCUT2D eigenvalue weighted by atomic mass is 9.83. The van der Waals surface area contributed by atoms with E-state index in [1.165, 1.54) is 0 Å². The Labute approximate surface area is 155 Å². The number of carboxylic acid groups (broad SMARTS) is 1. The highest BCUT2D eigenvalue weighted by molar-refractivity contribution is 6.09. The van der Waals surface area contributed by atoms with Crippen LogP contribution in [0.15, 0.2) is 54.6 Å². The summed E-state index contributed by atoms with van der Waals surface area (Å²) in [5, 5.41) is 19.2. The minimum absolute atomic E-state index is 0.118. The molecular formula is C19H18N4O4. The molecule has 1 heterocycles. The number of nitrogens with two attached hydrogens (primary N) is 1. The molecule has 1 atom stereocenters.